The quantitative estimate of drug-likeness (QED) is 0.887. The maximum absolute atomic E-state index is 3.91. The fourth-order valence-electron chi connectivity index (χ4n) is 3.75. The Balaban J connectivity index is 1.52. The van der Waals surface area contributed by atoms with Crippen molar-refractivity contribution in [3.05, 3.63) is 35.4 Å². The zero-order chi connectivity index (χ0) is 13.2. The standard InChI is InChI=1S/C17H25NS/c1-12-6-3-4-7-15(12)13-10-14(11-13)18-16-8-5-9-17(16)19-2/h3-4,6-7,13-14,16-18H,5,8-11H2,1-2H3. The number of hydrogen-bond acceptors (Lipinski definition) is 2. The van der Waals surface area contributed by atoms with Gasteiger partial charge in [-0.2, -0.15) is 11.8 Å². The highest BCUT2D eigenvalue weighted by molar-refractivity contribution is 7.99. The van der Waals surface area contributed by atoms with Crippen LogP contribution in [0.2, 0.25) is 0 Å². The molecule has 0 heterocycles. The normalized spacial score (nSPS) is 34.2. The van der Waals surface area contributed by atoms with E-state index in [1.165, 1.54) is 37.7 Å². The molecule has 2 aliphatic rings. The Morgan fingerprint density at radius 2 is 1.95 bits per heavy atom. The van der Waals surface area contributed by atoms with Crippen molar-refractivity contribution in [2.45, 2.75) is 62.3 Å². The number of thioether (sulfide) groups is 1. The minimum absolute atomic E-state index is 0.766. The van der Waals surface area contributed by atoms with Crippen LogP contribution in [0.25, 0.3) is 0 Å². The smallest absolute Gasteiger partial charge is 0.0198 e. The van der Waals surface area contributed by atoms with E-state index in [9.17, 15) is 0 Å². The lowest BCUT2D eigenvalue weighted by atomic mass is 9.74. The van der Waals surface area contributed by atoms with E-state index < -0.39 is 0 Å². The molecule has 2 atom stereocenters. The summed E-state index contributed by atoms with van der Waals surface area (Å²) in [6, 6.07) is 10.4. The summed E-state index contributed by atoms with van der Waals surface area (Å²) in [6.07, 6.45) is 9.15. The molecule has 1 nitrogen and oxygen atoms in total. The summed E-state index contributed by atoms with van der Waals surface area (Å²) in [7, 11) is 0. The number of hydrogen-bond donors (Lipinski definition) is 1. The van der Waals surface area contributed by atoms with E-state index in [0.717, 1.165) is 23.3 Å². The molecule has 0 spiro atoms. The number of nitrogens with one attached hydrogen (secondary N) is 1. The SMILES string of the molecule is CSC1CCCC1NC1CC(c2ccccc2C)C1. The van der Waals surface area contributed by atoms with Gasteiger partial charge in [-0.25, -0.2) is 0 Å². The van der Waals surface area contributed by atoms with Crippen LogP contribution in [0.3, 0.4) is 0 Å². The van der Waals surface area contributed by atoms with Crippen molar-refractivity contribution >= 4 is 11.8 Å². The van der Waals surface area contributed by atoms with Crippen molar-refractivity contribution in [2.75, 3.05) is 6.26 Å². The molecule has 3 rings (SSSR count). The molecule has 1 aromatic carbocycles. The number of benzene rings is 1. The maximum Gasteiger partial charge on any atom is 0.0198 e. The molecule has 2 saturated carbocycles. The van der Waals surface area contributed by atoms with E-state index in [2.05, 4.69) is 54.5 Å². The topological polar surface area (TPSA) is 12.0 Å². The summed E-state index contributed by atoms with van der Waals surface area (Å²) in [4.78, 5) is 0. The largest absolute Gasteiger partial charge is 0.310 e. The van der Waals surface area contributed by atoms with Gasteiger partial charge in [-0.05, 0) is 55.9 Å². The summed E-state index contributed by atoms with van der Waals surface area (Å²) < 4.78 is 0. The minimum atomic E-state index is 0.766. The molecule has 0 amide bonds. The third-order valence-electron chi connectivity index (χ3n) is 4.97. The summed E-state index contributed by atoms with van der Waals surface area (Å²) in [6.45, 7) is 2.25. The second kappa shape index (κ2) is 5.88. The van der Waals surface area contributed by atoms with Crippen LogP contribution in [0.4, 0.5) is 0 Å². The highest BCUT2D eigenvalue weighted by atomic mass is 32.2. The second-order valence-corrected chi connectivity index (χ2v) is 7.28. The van der Waals surface area contributed by atoms with Gasteiger partial charge in [-0.15, -0.1) is 0 Å². The minimum Gasteiger partial charge on any atom is -0.310 e. The Labute approximate surface area is 121 Å². The maximum atomic E-state index is 3.91. The molecule has 0 radical (unpaired) electrons. The highest BCUT2D eigenvalue weighted by Gasteiger charge is 2.35. The molecule has 2 fully saturated rings. The van der Waals surface area contributed by atoms with Crippen molar-refractivity contribution in [3.63, 3.8) is 0 Å². The van der Waals surface area contributed by atoms with Crippen LogP contribution in [0, 0.1) is 6.92 Å². The van der Waals surface area contributed by atoms with Crippen LogP contribution in [0.15, 0.2) is 24.3 Å². The number of aryl methyl sites for hydroxylation is 1. The van der Waals surface area contributed by atoms with Gasteiger partial charge in [0, 0.05) is 17.3 Å². The van der Waals surface area contributed by atoms with Gasteiger partial charge >= 0.3 is 0 Å². The monoisotopic (exact) mass is 275 g/mol. The van der Waals surface area contributed by atoms with E-state index in [0.29, 0.717) is 0 Å². The Hall–Kier alpha value is -0.470. The van der Waals surface area contributed by atoms with E-state index in [-0.39, 0.29) is 0 Å². The molecular formula is C17H25NS. The van der Waals surface area contributed by atoms with Crippen LogP contribution >= 0.6 is 11.8 Å². The zero-order valence-electron chi connectivity index (χ0n) is 12.1. The molecule has 0 bridgehead atoms. The van der Waals surface area contributed by atoms with Crippen molar-refractivity contribution in [2.24, 2.45) is 0 Å². The zero-order valence-corrected chi connectivity index (χ0v) is 12.9. The Bertz CT molecular complexity index is 425. The van der Waals surface area contributed by atoms with Gasteiger partial charge in [0.1, 0.15) is 0 Å². The lowest BCUT2D eigenvalue weighted by molar-refractivity contribution is 0.266. The molecule has 0 aliphatic heterocycles. The molecule has 1 aromatic rings. The third-order valence-corrected chi connectivity index (χ3v) is 6.14. The van der Waals surface area contributed by atoms with Gasteiger partial charge in [-0.1, -0.05) is 30.7 Å². The van der Waals surface area contributed by atoms with Crippen LogP contribution in [-0.4, -0.2) is 23.6 Å². The predicted molar refractivity (Wildman–Crippen MR) is 85.0 cm³/mol. The van der Waals surface area contributed by atoms with Gasteiger partial charge in [-0.3, -0.25) is 0 Å². The van der Waals surface area contributed by atoms with Gasteiger partial charge in [0.15, 0.2) is 0 Å². The van der Waals surface area contributed by atoms with E-state index >= 15 is 0 Å². The first-order valence-corrected chi connectivity index (χ1v) is 8.91. The molecule has 2 aliphatic carbocycles. The molecular weight excluding hydrogens is 250 g/mol. The van der Waals surface area contributed by atoms with Crippen LogP contribution in [-0.2, 0) is 0 Å². The first kappa shape index (κ1) is 13.5. The number of rotatable bonds is 4. The summed E-state index contributed by atoms with van der Waals surface area (Å²) >= 11 is 2.05. The van der Waals surface area contributed by atoms with Crippen molar-refractivity contribution in [1.29, 1.82) is 0 Å². The fourth-order valence-corrected chi connectivity index (χ4v) is 4.70. The molecule has 1 N–H and O–H groups in total. The molecule has 0 aromatic heterocycles. The van der Waals surface area contributed by atoms with Gasteiger partial charge in [0.25, 0.3) is 0 Å². The van der Waals surface area contributed by atoms with E-state index in [1.54, 1.807) is 5.56 Å². The fraction of sp³-hybridized carbons (Fsp3) is 0.647. The van der Waals surface area contributed by atoms with Crippen LogP contribution in [0.1, 0.15) is 49.1 Å². The first-order valence-electron chi connectivity index (χ1n) is 7.62. The third kappa shape index (κ3) is 2.85. The molecule has 2 heteroatoms. The van der Waals surface area contributed by atoms with Gasteiger partial charge in [0.05, 0.1) is 0 Å². The molecule has 19 heavy (non-hydrogen) atoms. The first-order chi connectivity index (χ1) is 9.28. The van der Waals surface area contributed by atoms with Crippen molar-refractivity contribution in [1.82, 2.24) is 5.32 Å². The summed E-state index contributed by atoms with van der Waals surface area (Å²) in [5.74, 6) is 0.799. The van der Waals surface area contributed by atoms with Gasteiger partial charge in [0.2, 0.25) is 0 Å². The average molecular weight is 275 g/mol. The van der Waals surface area contributed by atoms with Crippen LogP contribution in [0.5, 0.6) is 0 Å². The average Bonchev–Trinajstić information content (AvgIpc) is 2.82. The van der Waals surface area contributed by atoms with Crippen LogP contribution < -0.4 is 5.32 Å². The molecule has 104 valence electrons. The van der Waals surface area contributed by atoms with E-state index in [4.69, 9.17) is 0 Å². The second-order valence-electron chi connectivity index (χ2n) is 6.20. The predicted octanol–water partition coefficient (Wildman–Crippen LogP) is 4.11. The lowest BCUT2D eigenvalue weighted by Crippen LogP contribution is -2.47. The summed E-state index contributed by atoms with van der Waals surface area (Å²) in [5.41, 5.74) is 3.04. The van der Waals surface area contributed by atoms with E-state index in [1.807, 2.05) is 0 Å². The van der Waals surface area contributed by atoms with Crippen molar-refractivity contribution in [3.8, 4) is 0 Å². The Morgan fingerprint density at radius 1 is 1.16 bits per heavy atom. The summed E-state index contributed by atoms with van der Waals surface area (Å²) in [5, 5.41) is 4.77. The van der Waals surface area contributed by atoms with Crippen molar-refractivity contribution < 1.29 is 0 Å². The van der Waals surface area contributed by atoms with Gasteiger partial charge < -0.3 is 5.32 Å². The molecule has 2 unspecified atom stereocenters. The highest BCUT2D eigenvalue weighted by Crippen LogP contribution is 2.39. The Kier molecular flexibility index (Phi) is 4.18. The lowest BCUT2D eigenvalue weighted by Gasteiger charge is -2.39. The molecule has 0 saturated heterocycles. The Morgan fingerprint density at radius 3 is 2.68 bits per heavy atom.